The fourth-order valence-electron chi connectivity index (χ4n) is 1.90. The van der Waals surface area contributed by atoms with E-state index in [0.29, 0.717) is 0 Å². The molecular weight excluding hydrogens is 368 g/mol. The van der Waals surface area contributed by atoms with Crippen LogP contribution < -0.4 is 10.0 Å². The van der Waals surface area contributed by atoms with Gasteiger partial charge in [-0.25, -0.2) is 17.9 Å². The molecule has 2 N–H and O–H groups in total. The summed E-state index contributed by atoms with van der Waals surface area (Å²) < 4.78 is 30.9. The van der Waals surface area contributed by atoms with Gasteiger partial charge in [0.2, 0.25) is 15.9 Å². The summed E-state index contributed by atoms with van der Waals surface area (Å²) in [5.74, 6) is -1.22. The Bertz CT molecular complexity index is 885. The lowest BCUT2D eigenvalue weighted by molar-refractivity contribution is -0.115. The van der Waals surface area contributed by atoms with Gasteiger partial charge in [0, 0.05) is 0 Å². The normalized spacial score (nSPS) is 11.0. The van der Waals surface area contributed by atoms with Crippen LogP contribution in [-0.2, 0) is 19.6 Å². The van der Waals surface area contributed by atoms with Crippen LogP contribution >= 0.6 is 11.6 Å². The topological polar surface area (TPSA) is 102 Å². The van der Waals surface area contributed by atoms with E-state index >= 15 is 0 Å². The molecular formula is C16H15ClN2O5S. The summed E-state index contributed by atoms with van der Waals surface area (Å²) in [6.07, 6.45) is 0. The molecule has 7 nitrogen and oxygen atoms in total. The number of methoxy groups -OCH3 is 1. The smallest absolute Gasteiger partial charge is 0.337 e. The van der Waals surface area contributed by atoms with Gasteiger partial charge in [-0.2, -0.15) is 0 Å². The summed E-state index contributed by atoms with van der Waals surface area (Å²) in [5, 5.41) is 2.65. The third-order valence-electron chi connectivity index (χ3n) is 3.14. The van der Waals surface area contributed by atoms with Gasteiger partial charge in [-0.15, -0.1) is 0 Å². The molecule has 0 fully saturated rings. The first-order valence-electron chi connectivity index (χ1n) is 7.06. The summed E-state index contributed by atoms with van der Waals surface area (Å²) in [4.78, 5) is 23.5. The number of hydrogen-bond acceptors (Lipinski definition) is 5. The van der Waals surface area contributed by atoms with Crippen LogP contribution in [0, 0.1) is 0 Å². The van der Waals surface area contributed by atoms with Crippen molar-refractivity contribution in [1.29, 1.82) is 0 Å². The van der Waals surface area contributed by atoms with E-state index in [1.807, 2.05) is 0 Å². The minimum Gasteiger partial charge on any atom is -0.465 e. The van der Waals surface area contributed by atoms with Gasteiger partial charge >= 0.3 is 5.97 Å². The van der Waals surface area contributed by atoms with Crippen molar-refractivity contribution in [3.63, 3.8) is 0 Å². The molecule has 132 valence electrons. The maximum atomic E-state index is 12.1. The molecule has 0 saturated carbocycles. The fraction of sp³-hybridized carbons (Fsp3) is 0.125. The van der Waals surface area contributed by atoms with Gasteiger partial charge in [-0.1, -0.05) is 29.8 Å². The number of carbonyl (C=O) groups is 2. The second-order valence-corrected chi connectivity index (χ2v) is 7.05. The van der Waals surface area contributed by atoms with Gasteiger partial charge in [0.1, 0.15) is 0 Å². The maximum Gasteiger partial charge on any atom is 0.337 e. The molecule has 0 aliphatic rings. The number of amides is 1. The molecule has 0 aliphatic carbocycles. The van der Waals surface area contributed by atoms with Crippen molar-refractivity contribution < 1.29 is 22.7 Å². The van der Waals surface area contributed by atoms with Crippen LogP contribution in [0.15, 0.2) is 53.4 Å². The molecule has 9 heteroatoms. The average molecular weight is 383 g/mol. The molecule has 0 aliphatic heterocycles. The number of esters is 1. The molecule has 0 spiro atoms. The minimum atomic E-state index is -3.80. The predicted octanol–water partition coefficient (Wildman–Crippen LogP) is 2.04. The highest BCUT2D eigenvalue weighted by molar-refractivity contribution is 7.89. The monoisotopic (exact) mass is 382 g/mol. The predicted molar refractivity (Wildman–Crippen MR) is 93.1 cm³/mol. The van der Waals surface area contributed by atoms with Crippen molar-refractivity contribution in [2.45, 2.75) is 4.90 Å². The molecule has 0 bridgehead atoms. The molecule has 0 aromatic heterocycles. The number of anilines is 1. The maximum absolute atomic E-state index is 12.1. The summed E-state index contributed by atoms with van der Waals surface area (Å²) in [7, 11) is -2.57. The number of nitrogens with one attached hydrogen (secondary N) is 2. The van der Waals surface area contributed by atoms with Crippen molar-refractivity contribution in [3.8, 4) is 0 Å². The van der Waals surface area contributed by atoms with E-state index in [1.54, 1.807) is 18.2 Å². The zero-order valence-electron chi connectivity index (χ0n) is 13.2. The molecule has 0 heterocycles. The Morgan fingerprint density at radius 3 is 2.44 bits per heavy atom. The number of rotatable bonds is 6. The first kappa shape index (κ1) is 18.9. The molecule has 1 amide bonds. The zero-order valence-corrected chi connectivity index (χ0v) is 14.7. The summed E-state index contributed by atoms with van der Waals surface area (Å²) in [6, 6.07) is 11.9. The zero-order chi connectivity index (χ0) is 18.4. The average Bonchev–Trinajstić information content (AvgIpc) is 2.62. The van der Waals surface area contributed by atoms with E-state index in [0.717, 1.165) is 0 Å². The SMILES string of the molecule is COC(=O)c1ccc(Cl)c(NC(=O)CNS(=O)(=O)c2ccccc2)c1. The second kappa shape index (κ2) is 8.11. The Kier molecular flexibility index (Phi) is 6.13. The Labute approximate surface area is 150 Å². The highest BCUT2D eigenvalue weighted by Gasteiger charge is 2.16. The van der Waals surface area contributed by atoms with Crippen LogP contribution in [0.4, 0.5) is 5.69 Å². The standard InChI is InChI=1S/C16H15ClN2O5S/c1-24-16(21)11-7-8-13(17)14(9-11)19-15(20)10-18-25(22,23)12-5-3-2-4-6-12/h2-9,18H,10H2,1H3,(H,19,20). The van der Waals surface area contributed by atoms with E-state index in [1.165, 1.54) is 37.4 Å². The summed E-state index contributed by atoms with van der Waals surface area (Å²) >= 11 is 5.97. The molecule has 0 atom stereocenters. The lowest BCUT2D eigenvalue weighted by atomic mass is 10.2. The second-order valence-electron chi connectivity index (χ2n) is 4.87. The number of ether oxygens (including phenoxy) is 1. The number of sulfonamides is 1. The Morgan fingerprint density at radius 1 is 1.12 bits per heavy atom. The molecule has 2 aromatic rings. The third kappa shape index (κ3) is 5.02. The van der Waals surface area contributed by atoms with Gasteiger partial charge in [0.15, 0.2) is 0 Å². The number of carbonyl (C=O) groups excluding carboxylic acids is 2. The van der Waals surface area contributed by atoms with E-state index < -0.39 is 28.4 Å². The van der Waals surface area contributed by atoms with Crippen LogP contribution in [0.2, 0.25) is 5.02 Å². The van der Waals surface area contributed by atoms with Gasteiger partial charge in [0.25, 0.3) is 0 Å². The van der Waals surface area contributed by atoms with E-state index in [2.05, 4.69) is 14.8 Å². The van der Waals surface area contributed by atoms with E-state index in [9.17, 15) is 18.0 Å². The van der Waals surface area contributed by atoms with Crippen molar-refractivity contribution in [1.82, 2.24) is 4.72 Å². The molecule has 0 saturated heterocycles. The molecule has 25 heavy (non-hydrogen) atoms. The van der Waals surface area contributed by atoms with E-state index in [4.69, 9.17) is 11.6 Å². The van der Waals surface area contributed by atoms with E-state index in [-0.39, 0.29) is 21.2 Å². The highest BCUT2D eigenvalue weighted by Crippen LogP contribution is 2.23. The molecule has 0 radical (unpaired) electrons. The van der Waals surface area contributed by atoms with Gasteiger partial charge in [-0.05, 0) is 30.3 Å². The number of hydrogen-bond donors (Lipinski definition) is 2. The van der Waals surface area contributed by atoms with Crippen LogP contribution in [0.5, 0.6) is 0 Å². The van der Waals surface area contributed by atoms with Crippen LogP contribution in [0.3, 0.4) is 0 Å². The van der Waals surface area contributed by atoms with Crippen LogP contribution in [0.1, 0.15) is 10.4 Å². The van der Waals surface area contributed by atoms with Gasteiger partial charge in [0.05, 0.1) is 34.8 Å². The fourth-order valence-corrected chi connectivity index (χ4v) is 3.07. The van der Waals surface area contributed by atoms with Gasteiger partial charge in [-0.3, -0.25) is 4.79 Å². The highest BCUT2D eigenvalue weighted by atomic mass is 35.5. The van der Waals surface area contributed by atoms with Crippen LogP contribution in [0.25, 0.3) is 0 Å². The number of benzene rings is 2. The Morgan fingerprint density at radius 2 is 1.80 bits per heavy atom. The lowest BCUT2D eigenvalue weighted by Gasteiger charge is -2.10. The first-order chi connectivity index (χ1) is 11.8. The summed E-state index contributed by atoms with van der Waals surface area (Å²) in [6.45, 7) is -0.490. The largest absolute Gasteiger partial charge is 0.465 e. The first-order valence-corrected chi connectivity index (χ1v) is 8.92. The third-order valence-corrected chi connectivity index (χ3v) is 4.88. The van der Waals surface area contributed by atoms with Crippen molar-refractivity contribution in [3.05, 3.63) is 59.1 Å². The minimum absolute atomic E-state index is 0.0496. The summed E-state index contributed by atoms with van der Waals surface area (Å²) in [5.41, 5.74) is 0.376. The lowest BCUT2D eigenvalue weighted by Crippen LogP contribution is -2.33. The Balaban J connectivity index is 2.05. The van der Waals surface area contributed by atoms with Crippen LogP contribution in [-0.4, -0.2) is 33.9 Å². The molecule has 2 aromatic carbocycles. The molecule has 2 rings (SSSR count). The quantitative estimate of drug-likeness (QED) is 0.744. The van der Waals surface area contributed by atoms with Crippen molar-refractivity contribution in [2.24, 2.45) is 0 Å². The number of halogens is 1. The van der Waals surface area contributed by atoms with Crippen molar-refractivity contribution in [2.75, 3.05) is 19.0 Å². The Hall–Kier alpha value is -2.42. The molecule has 0 unspecified atom stereocenters. The van der Waals surface area contributed by atoms with Crippen molar-refractivity contribution >= 4 is 39.2 Å². The van der Waals surface area contributed by atoms with Gasteiger partial charge < -0.3 is 10.1 Å².